The molecule has 4 heteroatoms. The number of nitrogens with zero attached hydrogens (tertiary/aromatic N) is 2. The normalized spacial score (nSPS) is 22.3. The fourth-order valence-electron chi connectivity index (χ4n) is 0.942. The van der Waals surface area contributed by atoms with Crippen LogP contribution in [0.5, 0.6) is 0 Å². The van der Waals surface area contributed by atoms with Gasteiger partial charge in [0.25, 0.3) is 5.91 Å². The lowest BCUT2D eigenvalue weighted by molar-refractivity contribution is -0.114. The maximum atomic E-state index is 11.0. The fraction of sp³-hybridized carbons (Fsp3) is 0.286. The minimum atomic E-state index is -0.262. The van der Waals surface area contributed by atoms with Crippen LogP contribution in [0, 0.1) is 0 Å². The van der Waals surface area contributed by atoms with Crippen LogP contribution < -0.4 is 0 Å². The average molecular weight is 169 g/mol. The number of carbonyl (C=O) groups is 1. The molecule has 0 saturated heterocycles. The lowest BCUT2D eigenvalue weighted by atomic mass is 10.2. The van der Waals surface area contributed by atoms with Gasteiger partial charge in [0.2, 0.25) is 0 Å². The third kappa shape index (κ3) is 1.24. The Bertz CT molecular complexity index is 308. The molecule has 0 unspecified atom stereocenters. The second-order valence-electron chi connectivity index (χ2n) is 2.49. The largest absolute Gasteiger partial charge is 0.295 e. The summed E-state index contributed by atoms with van der Waals surface area (Å²) in [5, 5.41) is 7.11. The monoisotopic (exact) mass is 168 g/mol. The predicted octanol–water partition coefficient (Wildman–Crippen LogP) is 2.15. The van der Waals surface area contributed by atoms with Gasteiger partial charge in [0.15, 0.2) is 5.16 Å². The minimum absolute atomic E-state index is 0.262. The van der Waals surface area contributed by atoms with Crippen molar-refractivity contribution in [1.29, 1.82) is 0 Å². The van der Waals surface area contributed by atoms with Crippen molar-refractivity contribution in [3.8, 4) is 0 Å². The summed E-state index contributed by atoms with van der Waals surface area (Å²) in [5.74, 6) is -0.262. The molecule has 11 heavy (non-hydrogen) atoms. The Morgan fingerprint density at radius 2 is 2.09 bits per heavy atom. The first-order valence-corrected chi connectivity index (χ1v) is 3.70. The van der Waals surface area contributed by atoms with Gasteiger partial charge in [-0.3, -0.25) is 4.79 Å². The summed E-state index contributed by atoms with van der Waals surface area (Å²) in [7, 11) is 0. The van der Waals surface area contributed by atoms with E-state index in [0.29, 0.717) is 10.7 Å². The van der Waals surface area contributed by atoms with Gasteiger partial charge < -0.3 is 0 Å². The van der Waals surface area contributed by atoms with E-state index >= 15 is 0 Å². The molecule has 0 N–H and O–H groups in total. The van der Waals surface area contributed by atoms with Gasteiger partial charge in [0.1, 0.15) is 0 Å². The Balaban J connectivity index is 2.42. The molecule has 2 rings (SSSR count). The Labute approximate surface area is 68.4 Å². The van der Waals surface area contributed by atoms with E-state index in [9.17, 15) is 4.79 Å². The van der Waals surface area contributed by atoms with Crippen LogP contribution in [-0.2, 0) is 4.79 Å². The fourth-order valence-corrected chi connectivity index (χ4v) is 1.09. The van der Waals surface area contributed by atoms with Crippen molar-refractivity contribution in [2.24, 2.45) is 10.2 Å². The molecule has 0 spiro atoms. The minimum Gasteiger partial charge on any atom is -0.265 e. The van der Waals surface area contributed by atoms with Gasteiger partial charge in [0, 0.05) is 5.57 Å². The highest BCUT2D eigenvalue weighted by atomic mass is 35.5. The molecule has 3 nitrogen and oxygen atoms in total. The molecule has 1 fully saturated rings. The number of hydrogen-bond acceptors (Lipinski definition) is 2. The molecule has 0 aromatic carbocycles. The Kier molecular flexibility index (Phi) is 1.39. The van der Waals surface area contributed by atoms with Crippen LogP contribution in [0.2, 0.25) is 0 Å². The topological polar surface area (TPSA) is 41.8 Å². The van der Waals surface area contributed by atoms with Crippen molar-refractivity contribution >= 4 is 17.5 Å². The third-order valence-electron chi connectivity index (χ3n) is 1.61. The summed E-state index contributed by atoms with van der Waals surface area (Å²) in [4.78, 5) is 11.0. The molecule has 56 valence electrons. The van der Waals surface area contributed by atoms with Gasteiger partial charge in [-0.15, -0.1) is 10.2 Å². The molecule has 0 atom stereocenters. The number of carbonyl (C=O) groups excluding carboxylic acids is 1. The van der Waals surface area contributed by atoms with Crippen molar-refractivity contribution in [2.45, 2.75) is 12.8 Å². The van der Waals surface area contributed by atoms with E-state index in [-0.39, 0.29) is 5.91 Å². The molecule has 1 saturated carbocycles. The lowest BCUT2D eigenvalue weighted by Gasteiger charge is -1.99. The molecule has 1 aliphatic heterocycles. The number of rotatable bonds is 0. The quantitative estimate of drug-likeness (QED) is 0.404. The van der Waals surface area contributed by atoms with Crippen LogP contribution in [0.1, 0.15) is 12.8 Å². The number of amides is 1. The van der Waals surface area contributed by atoms with Crippen molar-refractivity contribution in [2.75, 3.05) is 0 Å². The second kappa shape index (κ2) is 2.27. The molecule has 0 aromatic rings. The molecule has 0 radical (unpaired) electrons. The molecular formula is C7H5ClN2O. The van der Waals surface area contributed by atoms with Crippen molar-refractivity contribution in [3.05, 3.63) is 22.4 Å². The summed E-state index contributed by atoms with van der Waals surface area (Å²) in [6.45, 7) is 0. The predicted molar refractivity (Wildman–Crippen MR) is 40.1 cm³/mol. The zero-order chi connectivity index (χ0) is 7.84. The highest BCUT2D eigenvalue weighted by Crippen LogP contribution is 2.34. The standard InChI is InChI=1S/C7H5ClN2O/c8-6-3-5(4-1-2-4)7(11)10-9-6/h3H,1-2H2. The van der Waals surface area contributed by atoms with Crippen LogP contribution in [-0.4, -0.2) is 5.91 Å². The van der Waals surface area contributed by atoms with E-state index in [1.54, 1.807) is 6.08 Å². The zero-order valence-corrected chi connectivity index (χ0v) is 6.43. The first-order valence-electron chi connectivity index (χ1n) is 3.32. The highest BCUT2D eigenvalue weighted by molar-refractivity contribution is 6.30. The van der Waals surface area contributed by atoms with Crippen LogP contribution in [0.4, 0.5) is 0 Å². The van der Waals surface area contributed by atoms with Crippen LogP contribution in [0.15, 0.2) is 32.6 Å². The Morgan fingerprint density at radius 3 is 2.73 bits per heavy atom. The molecule has 1 amide bonds. The number of halogens is 1. The summed E-state index contributed by atoms with van der Waals surface area (Å²) < 4.78 is 0. The molecular weight excluding hydrogens is 164 g/mol. The summed E-state index contributed by atoms with van der Waals surface area (Å²) >= 11 is 5.56. The summed E-state index contributed by atoms with van der Waals surface area (Å²) in [5.41, 5.74) is 1.79. The van der Waals surface area contributed by atoms with E-state index in [1.807, 2.05) is 0 Å². The number of allylic oxidation sites excluding steroid dienone is 1. The maximum absolute atomic E-state index is 11.0. The van der Waals surface area contributed by atoms with E-state index in [0.717, 1.165) is 18.4 Å². The van der Waals surface area contributed by atoms with Crippen LogP contribution in [0.3, 0.4) is 0 Å². The number of hydrogen-bond donors (Lipinski definition) is 0. The molecule has 0 aromatic heterocycles. The Morgan fingerprint density at radius 1 is 1.36 bits per heavy atom. The van der Waals surface area contributed by atoms with Gasteiger partial charge >= 0.3 is 0 Å². The van der Waals surface area contributed by atoms with Crippen LogP contribution in [0.25, 0.3) is 0 Å². The van der Waals surface area contributed by atoms with Gasteiger partial charge in [-0.2, -0.15) is 0 Å². The molecule has 1 heterocycles. The van der Waals surface area contributed by atoms with Crippen molar-refractivity contribution in [3.63, 3.8) is 0 Å². The van der Waals surface area contributed by atoms with Gasteiger partial charge in [-0.05, 0) is 18.9 Å². The summed E-state index contributed by atoms with van der Waals surface area (Å²) in [6.07, 6.45) is 3.58. The molecule has 2 aliphatic rings. The van der Waals surface area contributed by atoms with Crippen molar-refractivity contribution in [1.82, 2.24) is 0 Å². The van der Waals surface area contributed by atoms with Gasteiger partial charge in [0.05, 0.1) is 0 Å². The summed E-state index contributed by atoms with van der Waals surface area (Å²) in [6, 6.07) is 0. The second-order valence-corrected chi connectivity index (χ2v) is 2.88. The third-order valence-corrected chi connectivity index (χ3v) is 1.80. The van der Waals surface area contributed by atoms with Gasteiger partial charge in [-0.1, -0.05) is 17.2 Å². The molecule has 1 aliphatic carbocycles. The number of azo groups is 1. The van der Waals surface area contributed by atoms with Gasteiger partial charge in [-0.25, -0.2) is 0 Å². The van der Waals surface area contributed by atoms with E-state index < -0.39 is 0 Å². The smallest absolute Gasteiger partial charge is 0.265 e. The molecule has 0 bridgehead atoms. The first kappa shape index (κ1) is 6.73. The highest BCUT2D eigenvalue weighted by Gasteiger charge is 2.23. The van der Waals surface area contributed by atoms with E-state index in [2.05, 4.69) is 10.2 Å². The SMILES string of the molecule is O=C1N=NC(Cl)=CC1=C1CC1. The van der Waals surface area contributed by atoms with Crippen LogP contribution >= 0.6 is 11.6 Å². The first-order chi connectivity index (χ1) is 5.27. The van der Waals surface area contributed by atoms with E-state index in [1.165, 1.54) is 0 Å². The maximum Gasteiger partial charge on any atom is 0.295 e. The zero-order valence-electron chi connectivity index (χ0n) is 5.67. The Hall–Kier alpha value is -0.960. The van der Waals surface area contributed by atoms with E-state index in [4.69, 9.17) is 11.6 Å². The lowest BCUT2D eigenvalue weighted by Crippen LogP contribution is -1.99. The van der Waals surface area contributed by atoms with Crippen molar-refractivity contribution < 1.29 is 4.79 Å². The average Bonchev–Trinajstić information content (AvgIpc) is 2.76.